The van der Waals surface area contributed by atoms with Gasteiger partial charge in [-0.1, -0.05) is 50.9 Å². The highest BCUT2D eigenvalue weighted by Crippen LogP contribution is 2.19. The summed E-state index contributed by atoms with van der Waals surface area (Å²) in [5.41, 5.74) is 2.40. The molecule has 1 unspecified atom stereocenters. The second kappa shape index (κ2) is 5.80. The van der Waals surface area contributed by atoms with E-state index in [4.69, 9.17) is 0 Å². The number of carbonyl (C=O) groups is 1. The topological polar surface area (TPSA) is 17.1 Å². The summed E-state index contributed by atoms with van der Waals surface area (Å²) in [5, 5.41) is 0. The van der Waals surface area contributed by atoms with Crippen molar-refractivity contribution < 1.29 is 4.79 Å². The first-order valence-corrected chi connectivity index (χ1v) is 6.67. The fourth-order valence-electron chi connectivity index (χ4n) is 1.38. The van der Waals surface area contributed by atoms with Crippen LogP contribution in [0.1, 0.15) is 24.5 Å². The molecule has 0 N–H and O–H groups in total. The van der Waals surface area contributed by atoms with Crippen LogP contribution in [0.3, 0.4) is 0 Å². The number of ketones is 1. The van der Waals surface area contributed by atoms with Gasteiger partial charge in [-0.2, -0.15) is 0 Å². The van der Waals surface area contributed by atoms with Crippen LogP contribution in [-0.4, -0.2) is 10.6 Å². The summed E-state index contributed by atoms with van der Waals surface area (Å²) in [6, 6.07) is 6.19. The zero-order valence-corrected chi connectivity index (χ0v) is 12.1. The highest BCUT2D eigenvalue weighted by molar-refractivity contribution is 9.10. The number of aryl methyl sites for hydroxylation is 1. The number of halogens is 2. The molecule has 1 atom stereocenters. The highest BCUT2D eigenvalue weighted by atomic mass is 79.9. The Morgan fingerprint density at radius 2 is 2.13 bits per heavy atom. The molecule has 0 aliphatic carbocycles. The van der Waals surface area contributed by atoms with Gasteiger partial charge in [0.2, 0.25) is 0 Å². The summed E-state index contributed by atoms with van der Waals surface area (Å²) >= 11 is 6.88. The number of rotatable bonds is 4. The normalized spacial score (nSPS) is 12.5. The molecule has 1 rings (SSSR count). The van der Waals surface area contributed by atoms with Crippen molar-refractivity contribution in [1.29, 1.82) is 0 Å². The molecule has 1 aromatic carbocycles. The maximum atomic E-state index is 11.4. The van der Waals surface area contributed by atoms with E-state index in [9.17, 15) is 4.79 Å². The Hall–Kier alpha value is -0.150. The van der Waals surface area contributed by atoms with Crippen molar-refractivity contribution in [3.8, 4) is 0 Å². The minimum atomic E-state index is -0.0527. The summed E-state index contributed by atoms with van der Waals surface area (Å²) in [5.74, 6) is 0.260. The molecule has 0 fully saturated rings. The molecule has 3 heteroatoms. The average Bonchev–Trinajstić information content (AvgIpc) is 2.22. The van der Waals surface area contributed by atoms with Crippen molar-refractivity contribution in [3.05, 3.63) is 33.8 Å². The molecule has 0 aromatic heterocycles. The summed E-state index contributed by atoms with van der Waals surface area (Å²) < 4.78 is 1.11. The lowest BCUT2D eigenvalue weighted by molar-refractivity contribution is -0.118. The number of Topliss-reactive ketones (excluding diaryl/α,β-unsaturated/α-hetero) is 1. The molecule has 1 nitrogen and oxygen atoms in total. The smallest absolute Gasteiger partial charge is 0.146 e. The summed E-state index contributed by atoms with van der Waals surface area (Å²) in [7, 11) is 0. The molecule has 0 heterocycles. The van der Waals surface area contributed by atoms with Gasteiger partial charge in [0.15, 0.2) is 0 Å². The van der Waals surface area contributed by atoms with Crippen molar-refractivity contribution in [2.24, 2.45) is 0 Å². The van der Waals surface area contributed by atoms with Crippen molar-refractivity contribution in [2.45, 2.75) is 31.5 Å². The van der Waals surface area contributed by atoms with Crippen LogP contribution in [0.4, 0.5) is 0 Å². The predicted octanol–water partition coefficient (Wildman–Crippen LogP) is 4.04. The Labute approximate surface area is 108 Å². The number of alkyl halides is 1. The largest absolute Gasteiger partial charge is 0.298 e. The fraction of sp³-hybridized carbons (Fsp3) is 0.417. The van der Waals surface area contributed by atoms with Gasteiger partial charge in [0.1, 0.15) is 5.78 Å². The Morgan fingerprint density at radius 3 is 2.67 bits per heavy atom. The maximum Gasteiger partial charge on any atom is 0.146 e. The molecular formula is C12H14Br2O. The van der Waals surface area contributed by atoms with Crippen LogP contribution >= 0.6 is 31.9 Å². The van der Waals surface area contributed by atoms with Gasteiger partial charge in [-0.25, -0.2) is 0 Å². The van der Waals surface area contributed by atoms with Crippen LogP contribution < -0.4 is 0 Å². The number of hydrogen-bond acceptors (Lipinski definition) is 1. The Morgan fingerprint density at radius 1 is 1.47 bits per heavy atom. The molecule has 0 bridgehead atoms. The molecule has 0 saturated heterocycles. The van der Waals surface area contributed by atoms with Crippen molar-refractivity contribution in [1.82, 2.24) is 0 Å². The third kappa shape index (κ3) is 3.72. The molecule has 0 amide bonds. The third-order valence-electron chi connectivity index (χ3n) is 2.34. The van der Waals surface area contributed by atoms with Crippen molar-refractivity contribution in [2.75, 3.05) is 0 Å². The van der Waals surface area contributed by atoms with Gasteiger partial charge in [-0.05, 0) is 30.5 Å². The van der Waals surface area contributed by atoms with Crippen LogP contribution in [0.5, 0.6) is 0 Å². The van der Waals surface area contributed by atoms with Crippen LogP contribution in [0.15, 0.2) is 22.7 Å². The van der Waals surface area contributed by atoms with Gasteiger partial charge < -0.3 is 0 Å². The third-order valence-corrected chi connectivity index (χ3v) is 4.06. The SMILES string of the molecule is CCC(=O)C(Br)Cc1ccc(Br)c(C)c1. The molecule has 0 aliphatic rings. The molecular weight excluding hydrogens is 320 g/mol. The van der Waals surface area contributed by atoms with E-state index in [1.165, 1.54) is 11.1 Å². The average molecular weight is 334 g/mol. The van der Waals surface area contributed by atoms with E-state index < -0.39 is 0 Å². The second-order valence-corrected chi connectivity index (χ2v) is 5.53. The second-order valence-electron chi connectivity index (χ2n) is 3.58. The van der Waals surface area contributed by atoms with E-state index >= 15 is 0 Å². The lowest BCUT2D eigenvalue weighted by atomic mass is 10.0. The molecule has 1 aromatic rings. The van der Waals surface area contributed by atoms with E-state index in [0.717, 1.165) is 10.9 Å². The summed E-state index contributed by atoms with van der Waals surface area (Å²) in [4.78, 5) is 11.4. The Balaban J connectivity index is 2.73. The zero-order valence-electron chi connectivity index (χ0n) is 8.89. The van der Waals surface area contributed by atoms with Gasteiger partial charge in [-0.3, -0.25) is 4.79 Å². The molecule has 15 heavy (non-hydrogen) atoms. The van der Waals surface area contributed by atoms with Gasteiger partial charge in [-0.15, -0.1) is 0 Å². The lowest BCUT2D eigenvalue weighted by Crippen LogP contribution is -2.15. The standard InChI is InChI=1S/C12H14Br2O/c1-3-12(15)11(14)7-9-4-5-10(13)8(2)6-9/h4-6,11H,3,7H2,1-2H3. The molecule has 82 valence electrons. The molecule has 0 spiro atoms. The van der Waals surface area contributed by atoms with Crippen molar-refractivity contribution in [3.63, 3.8) is 0 Å². The highest BCUT2D eigenvalue weighted by Gasteiger charge is 2.13. The maximum absolute atomic E-state index is 11.4. The number of carbonyl (C=O) groups excluding carboxylic acids is 1. The monoisotopic (exact) mass is 332 g/mol. The van der Waals surface area contributed by atoms with E-state index in [2.05, 4.69) is 44.8 Å². The van der Waals surface area contributed by atoms with E-state index in [-0.39, 0.29) is 10.6 Å². The van der Waals surface area contributed by atoms with Crippen LogP contribution in [0.2, 0.25) is 0 Å². The number of benzene rings is 1. The first kappa shape index (κ1) is 12.9. The van der Waals surface area contributed by atoms with Crippen LogP contribution in [0, 0.1) is 6.92 Å². The van der Waals surface area contributed by atoms with Gasteiger partial charge >= 0.3 is 0 Å². The van der Waals surface area contributed by atoms with Gasteiger partial charge in [0, 0.05) is 10.9 Å². The molecule has 0 radical (unpaired) electrons. The van der Waals surface area contributed by atoms with Crippen LogP contribution in [0.25, 0.3) is 0 Å². The van der Waals surface area contributed by atoms with Crippen molar-refractivity contribution >= 4 is 37.6 Å². The first-order chi connectivity index (χ1) is 7.04. The summed E-state index contributed by atoms with van der Waals surface area (Å²) in [6.07, 6.45) is 1.35. The van der Waals surface area contributed by atoms with E-state index in [0.29, 0.717) is 6.42 Å². The minimum Gasteiger partial charge on any atom is -0.298 e. The summed E-state index contributed by atoms with van der Waals surface area (Å²) in [6.45, 7) is 3.95. The lowest BCUT2D eigenvalue weighted by Gasteiger charge is -2.08. The predicted molar refractivity (Wildman–Crippen MR) is 70.6 cm³/mol. The van der Waals surface area contributed by atoms with Crippen LogP contribution in [-0.2, 0) is 11.2 Å². The molecule has 0 aliphatic heterocycles. The van der Waals surface area contributed by atoms with E-state index in [1.54, 1.807) is 0 Å². The first-order valence-electron chi connectivity index (χ1n) is 4.96. The number of hydrogen-bond donors (Lipinski definition) is 0. The Bertz CT molecular complexity index is 361. The quantitative estimate of drug-likeness (QED) is 0.760. The Kier molecular flexibility index (Phi) is 5.00. The van der Waals surface area contributed by atoms with Gasteiger partial charge in [0.05, 0.1) is 4.83 Å². The fourth-order valence-corrected chi connectivity index (χ4v) is 2.32. The van der Waals surface area contributed by atoms with E-state index in [1.807, 2.05) is 19.1 Å². The van der Waals surface area contributed by atoms with Gasteiger partial charge in [0.25, 0.3) is 0 Å². The zero-order chi connectivity index (χ0) is 11.4. The molecule has 0 saturated carbocycles. The minimum absolute atomic E-state index is 0.0527.